The van der Waals surface area contributed by atoms with E-state index in [1.807, 2.05) is 26.0 Å². The molecule has 7 nitrogen and oxygen atoms in total. The van der Waals surface area contributed by atoms with E-state index < -0.39 is 0 Å². The van der Waals surface area contributed by atoms with Gasteiger partial charge in [-0.05, 0) is 50.9 Å². The first-order chi connectivity index (χ1) is 13.7. The van der Waals surface area contributed by atoms with Crippen LogP contribution in [0.1, 0.15) is 57.9 Å². The van der Waals surface area contributed by atoms with Crippen molar-refractivity contribution in [3.8, 4) is 0 Å². The minimum atomic E-state index is -0.322. The van der Waals surface area contributed by atoms with Crippen LogP contribution in [0.3, 0.4) is 0 Å². The molecule has 2 aliphatic rings. The third-order valence-corrected chi connectivity index (χ3v) is 5.22. The number of rotatable bonds is 5. The Morgan fingerprint density at radius 2 is 1.79 bits per heavy atom. The maximum absolute atomic E-state index is 12.5. The van der Waals surface area contributed by atoms with Crippen molar-refractivity contribution in [1.29, 1.82) is 5.41 Å². The van der Waals surface area contributed by atoms with E-state index in [0.29, 0.717) is 11.4 Å². The number of hydrogen-bond donors (Lipinski definition) is 4. The van der Waals surface area contributed by atoms with Crippen molar-refractivity contribution in [2.24, 2.45) is 0 Å². The Labute approximate surface area is 169 Å². The largest absolute Gasteiger partial charge is 0.373 e. The molecule has 1 aromatic rings. The maximum atomic E-state index is 12.5. The minimum Gasteiger partial charge on any atom is -0.373 e. The molecular formula is C21H36N6O. The summed E-state index contributed by atoms with van der Waals surface area (Å²) in [7, 11) is 1.79. The summed E-state index contributed by atoms with van der Waals surface area (Å²) in [6.45, 7) is 7.85. The average Bonchev–Trinajstić information content (AvgIpc) is 3.04. The van der Waals surface area contributed by atoms with Crippen LogP contribution in [0.15, 0.2) is 12.1 Å². The smallest absolute Gasteiger partial charge is 0.270 e. The van der Waals surface area contributed by atoms with Crippen LogP contribution in [-0.4, -0.2) is 55.9 Å². The zero-order valence-electron chi connectivity index (χ0n) is 17.6. The van der Waals surface area contributed by atoms with Gasteiger partial charge in [0.1, 0.15) is 17.3 Å². The molecule has 4 N–H and O–H groups in total. The normalized spacial score (nSPS) is 17.8. The summed E-state index contributed by atoms with van der Waals surface area (Å²) in [5, 5.41) is 17.7. The molecule has 2 fully saturated rings. The number of carbonyl (C=O) groups excluding carboxylic acids is 1. The van der Waals surface area contributed by atoms with Gasteiger partial charge in [-0.3, -0.25) is 10.2 Å². The number of hydrogen-bond acceptors (Lipinski definition) is 6. The van der Waals surface area contributed by atoms with Crippen LogP contribution in [0.4, 0.5) is 11.6 Å². The highest BCUT2D eigenvalue weighted by Gasteiger charge is 2.22. The molecule has 0 unspecified atom stereocenters. The molecule has 156 valence electrons. The first-order valence-electron chi connectivity index (χ1n) is 10.7. The van der Waals surface area contributed by atoms with Gasteiger partial charge in [-0.15, -0.1) is 0 Å². The Morgan fingerprint density at radius 1 is 1.14 bits per heavy atom. The lowest BCUT2D eigenvalue weighted by atomic mass is 10.1. The molecule has 0 aliphatic carbocycles. The number of nitrogens with one attached hydrogen (secondary N) is 4. The third-order valence-electron chi connectivity index (χ3n) is 5.22. The van der Waals surface area contributed by atoms with E-state index in [9.17, 15) is 4.79 Å². The fourth-order valence-electron chi connectivity index (χ4n) is 3.66. The van der Waals surface area contributed by atoms with E-state index in [4.69, 9.17) is 10.4 Å². The molecule has 0 radical (unpaired) electrons. The second-order valence-corrected chi connectivity index (χ2v) is 7.09. The molecule has 2 aliphatic heterocycles. The van der Waals surface area contributed by atoms with E-state index in [2.05, 4.69) is 20.9 Å². The molecule has 0 spiro atoms. The van der Waals surface area contributed by atoms with Crippen LogP contribution in [-0.2, 0) is 4.79 Å². The van der Waals surface area contributed by atoms with Gasteiger partial charge >= 0.3 is 0 Å². The summed E-state index contributed by atoms with van der Waals surface area (Å²) in [4.78, 5) is 19.5. The zero-order chi connectivity index (χ0) is 20.4. The van der Waals surface area contributed by atoms with E-state index in [-0.39, 0.29) is 17.7 Å². The molecule has 1 amide bonds. The molecule has 0 atom stereocenters. The fraction of sp³-hybridized carbons (Fsp3) is 0.667. The van der Waals surface area contributed by atoms with Gasteiger partial charge in [0.15, 0.2) is 0 Å². The number of anilines is 2. The predicted molar refractivity (Wildman–Crippen MR) is 117 cm³/mol. The van der Waals surface area contributed by atoms with Crippen LogP contribution < -0.4 is 20.9 Å². The summed E-state index contributed by atoms with van der Waals surface area (Å²) in [6, 6.07) is 3.93. The molecule has 7 heteroatoms. The summed E-state index contributed by atoms with van der Waals surface area (Å²) < 4.78 is 0. The van der Waals surface area contributed by atoms with Gasteiger partial charge in [0.25, 0.3) is 5.91 Å². The first kappa shape index (κ1) is 22.1. The fourth-order valence-corrected chi connectivity index (χ4v) is 3.66. The lowest BCUT2D eigenvalue weighted by Crippen LogP contribution is -2.45. The zero-order valence-corrected chi connectivity index (χ0v) is 17.6. The van der Waals surface area contributed by atoms with Crippen molar-refractivity contribution in [3.05, 3.63) is 17.7 Å². The number of piperidine rings is 1. The molecule has 3 rings (SSSR count). The van der Waals surface area contributed by atoms with Crippen LogP contribution in [0, 0.1) is 5.41 Å². The van der Waals surface area contributed by atoms with Gasteiger partial charge in [-0.1, -0.05) is 26.7 Å². The summed E-state index contributed by atoms with van der Waals surface area (Å²) in [5.74, 6) is 1.20. The highest BCUT2D eigenvalue weighted by atomic mass is 16.1. The Bertz CT molecular complexity index is 634. The van der Waals surface area contributed by atoms with Crippen molar-refractivity contribution < 1.29 is 4.79 Å². The van der Waals surface area contributed by atoms with E-state index in [0.717, 1.165) is 44.8 Å². The monoisotopic (exact) mass is 388 g/mol. The van der Waals surface area contributed by atoms with E-state index >= 15 is 0 Å². The highest BCUT2D eigenvalue weighted by Crippen LogP contribution is 2.22. The van der Waals surface area contributed by atoms with Crippen molar-refractivity contribution in [2.75, 3.05) is 43.4 Å². The Hall–Kier alpha value is -2.15. The molecule has 28 heavy (non-hydrogen) atoms. The van der Waals surface area contributed by atoms with Crippen molar-refractivity contribution in [3.63, 3.8) is 0 Å². The van der Waals surface area contributed by atoms with Crippen molar-refractivity contribution in [2.45, 2.75) is 58.4 Å². The van der Waals surface area contributed by atoms with Gasteiger partial charge in [-0.2, -0.15) is 0 Å². The molecule has 2 saturated heterocycles. The van der Waals surface area contributed by atoms with E-state index in [1.165, 1.54) is 25.7 Å². The minimum absolute atomic E-state index is 0.0252. The Morgan fingerprint density at radius 3 is 2.39 bits per heavy atom. The molecule has 0 aromatic carbocycles. The van der Waals surface area contributed by atoms with Gasteiger partial charge in [0.2, 0.25) is 0 Å². The summed E-state index contributed by atoms with van der Waals surface area (Å²) in [5.41, 5.74) is 0.528. The number of amides is 1. The van der Waals surface area contributed by atoms with Gasteiger partial charge in [0, 0.05) is 31.7 Å². The second-order valence-electron chi connectivity index (χ2n) is 7.09. The third kappa shape index (κ3) is 5.92. The molecule has 1 aromatic heterocycles. The maximum Gasteiger partial charge on any atom is 0.270 e. The molecule has 0 bridgehead atoms. The standard InChI is InChI=1S/C19H30N6O.C2H6/c1-21-18-15(17(20)19(26)23-14-8-10-22-11-9-14)6-7-16(24-18)25-12-4-2-3-5-13-25;1-2/h6-7,14,20,22H,2-5,8-13H2,1H3,(H,21,24)(H,23,26);1-2H3. The lowest BCUT2D eigenvalue weighted by molar-refractivity contribution is -0.115. The summed E-state index contributed by atoms with van der Waals surface area (Å²) >= 11 is 0. The van der Waals surface area contributed by atoms with Crippen LogP contribution in [0.2, 0.25) is 0 Å². The summed E-state index contributed by atoms with van der Waals surface area (Å²) in [6.07, 6.45) is 6.73. The van der Waals surface area contributed by atoms with Gasteiger partial charge in [0.05, 0.1) is 0 Å². The van der Waals surface area contributed by atoms with Gasteiger partial charge in [-0.25, -0.2) is 4.98 Å². The average molecular weight is 389 g/mol. The quantitative estimate of drug-likeness (QED) is 0.582. The van der Waals surface area contributed by atoms with E-state index in [1.54, 1.807) is 7.05 Å². The highest BCUT2D eigenvalue weighted by molar-refractivity contribution is 6.45. The van der Waals surface area contributed by atoms with Crippen molar-refractivity contribution in [1.82, 2.24) is 15.6 Å². The SMILES string of the molecule is CC.CNc1nc(N2CCCCCC2)ccc1C(=N)C(=O)NC1CCNCC1. The first-order valence-corrected chi connectivity index (χ1v) is 10.7. The predicted octanol–water partition coefficient (Wildman–Crippen LogP) is 2.77. The van der Waals surface area contributed by atoms with Crippen LogP contribution in [0.5, 0.6) is 0 Å². The lowest BCUT2D eigenvalue weighted by Gasteiger charge is -2.24. The van der Waals surface area contributed by atoms with Crippen LogP contribution in [0.25, 0.3) is 0 Å². The van der Waals surface area contributed by atoms with Crippen LogP contribution >= 0.6 is 0 Å². The molecule has 0 saturated carbocycles. The topological polar surface area (TPSA) is 93.1 Å². The van der Waals surface area contributed by atoms with Crippen molar-refractivity contribution >= 4 is 23.3 Å². The number of carbonyl (C=O) groups is 1. The Kier molecular flexibility index (Phi) is 9.20. The number of aromatic nitrogens is 1. The molecule has 3 heterocycles. The van der Waals surface area contributed by atoms with Gasteiger partial charge < -0.3 is 20.9 Å². The number of pyridine rings is 1. The number of nitrogens with zero attached hydrogens (tertiary/aromatic N) is 2. The molecular weight excluding hydrogens is 352 g/mol. The Balaban J connectivity index is 0.00000136. The second kappa shape index (κ2) is 11.6.